The van der Waals surface area contributed by atoms with Gasteiger partial charge >= 0.3 is 0 Å². The van der Waals surface area contributed by atoms with E-state index in [-0.39, 0.29) is 0 Å². The maximum absolute atomic E-state index is 13.6. The minimum atomic E-state index is -0.437. The quantitative estimate of drug-likeness (QED) is 0.512. The largest absolute Gasteiger partial charge is 0.492 e. The first-order valence-electron chi connectivity index (χ1n) is 8.83. The Morgan fingerprint density at radius 1 is 1.04 bits per heavy atom. The van der Waals surface area contributed by atoms with E-state index >= 15 is 0 Å². The van der Waals surface area contributed by atoms with Crippen molar-refractivity contribution in [1.82, 2.24) is 19.9 Å². The molecule has 0 aliphatic carbocycles. The van der Waals surface area contributed by atoms with Crippen LogP contribution in [0.4, 0.5) is 10.2 Å². The second-order valence-corrected chi connectivity index (χ2v) is 6.22. The van der Waals surface area contributed by atoms with Crippen LogP contribution in [-0.2, 0) is 0 Å². The molecule has 7 heteroatoms. The van der Waals surface area contributed by atoms with Gasteiger partial charge in [-0.05, 0) is 30.3 Å². The number of para-hydroxylation sites is 1. The van der Waals surface area contributed by atoms with E-state index in [1.807, 2.05) is 54.4 Å². The molecular weight excluding hydrogens is 357 g/mol. The molecule has 0 spiro atoms. The molecule has 1 aromatic carbocycles. The predicted molar refractivity (Wildman–Crippen MR) is 106 cm³/mol. The number of halogens is 1. The fraction of sp³-hybridized carbons (Fsp3) is 0.143. The van der Waals surface area contributed by atoms with Crippen molar-refractivity contribution in [2.75, 3.05) is 25.1 Å². The van der Waals surface area contributed by atoms with E-state index in [1.54, 1.807) is 6.20 Å². The number of hydrogen-bond donors (Lipinski definition) is 0. The zero-order valence-electron chi connectivity index (χ0n) is 15.3. The molecule has 4 rings (SSSR count). The first-order chi connectivity index (χ1) is 13.7. The van der Waals surface area contributed by atoms with Crippen LogP contribution in [0.15, 0.2) is 67.1 Å². The summed E-state index contributed by atoms with van der Waals surface area (Å²) in [6.45, 7) is 1.10. The van der Waals surface area contributed by atoms with E-state index < -0.39 is 5.82 Å². The van der Waals surface area contributed by atoms with Crippen molar-refractivity contribution in [2.45, 2.75) is 0 Å². The van der Waals surface area contributed by atoms with Crippen LogP contribution in [0.2, 0.25) is 0 Å². The lowest BCUT2D eigenvalue weighted by atomic mass is 10.2. The number of pyridine rings is 2. The second kappa shape index (κ2) is 7.96. The lowest BCUT2D eigenvalue weighted by molar-refractivity contribution is 0.326. The van der Waals surface area contributed by atoms with Gasteiger partial charge in [0.15, 0.2) is 11.5 Å². The highest BCUT2D eigenvalue weighted by molar-refractivity contribution is 5.88. The van der Waals surface area contributed by atoms with Crippen molar-refractivity contribution >= 4 is 16.9 Å². The lowest BCUT2D eigenvalue weighted by Gasteiger charge is -2.20. The van der Waals surface area contributed by atoms with Gasteiger partial charge in [0.1, 0.15) is 24.0 Å². The fourth-order valence-corrected chi connectivity index (χ4v) is 2.82. The molecule has 3 heterocycles. The maximum atomic E-state index is 13.6. The highest BCUT2D eigenvalue weighted by Gasteiger charge is 2.14. The van der Waals surface area contributed by atoms with Gasteiger partial charge in [0.05, 0.1) is 18.1 Å². The zero-order valence-corrected chi connectivity index (χ0v) is 15.3. The Kier molecular flexibility index (Phi) is 5.05. The molecule has 0 fully saturated rings. The number of nitrogens with zero attached hydrogens (tertiary/aromatic N) is 5. The predicted octanol–water partition coefficient (Wildman–Crippen LogP) is 3.74. The van der Waals surface area contributed by atoms with E-state index in [0.29, 0.717) is 36.0 Å². The van der Waals surface area contributed by atoms with Gasteiger partial charge in [0.25, 0.3) is 0 Å². The average Bonchev–Trinajstić information content (AvgIpc) is 2.73. The Morgan fingerprint density at radius 3 is 2.71 bits per heavy atom. The van der Waals surface area contributed by atoms with Gasteiger partial charge in [0, 0.05) is 25.0 Å². The van der Waals surface area contributed by atoms with Gasteiger partial charge < -0.3 is 9.64 Å². The molecule has 0 atom stereocenters. The molecule has 6 nitrogen and oxygen atoms in total. The highest BCUT2D eigenvalue weighted by atomic mass is 19.1. The minimum Gasteiger partial charge on any atom is -0.492 e. The van der Waals surface area contributed by atoms with Crippen LogP contribution in [-0.4, -0.2) is 40.1 Å². The Hall–Kier alpha value is -3.61. The van der Waals surface area contributed by atoms with Crippen molar-refractivity contribution in [3.8, 4) is 17.1 Å². The molecule has 0 N–H and O–H groups in total. The summed E-state index contributed by atoms with van der Waals surface area (Å²) >= 11 is 0. The summed E-state index contributed by atoms with van der Waals surface area (Å²) < 4.78 is 19.4. The summed E-state index contributed by atoms with van der Waals surface area (Å²) in [6.07, 6.45) is 4.36. The summed E-state index contributed by atoms with van der Waals surface area (Å²) in [7, 11) is 1.93. The van der Waals surface area contributed by atoms with E-state index in [0.717, 1.165) is 17.3 Å². The van der Waals surface area contributed by atoms with E-state index in [4.69, 9.17) is 4.74 Å². The average molecular weight is 375 g/mol. The second-order valence-electron chi connectivity index (χ2n) is 6.22. The topological polar surface area (TPSA) is 64.0 Å². The van der Waals surface area contributed by atoms with Crippen LogP contribution in [0, 0.1) is 5.82 Å². The Labute approximate surface area is 161 Å². The van der Waals surface area contributed by atoms with Crippen LogP contribution in [0.25, 0.3) is 22.4 Å². The van der Waals surface area contributed by atoms with Crippen LogP contribution in [0.3, 0.4) is 0 Å². The number of aromatic nitrogens is 4. The van der Waals surface area contributed by atoms with Crippen molar-refractivity contribution in [3.05, 3.63) is 72.9 Å². The van der Waals surface area contributed by atoms with Crippen molar-refractivity contribution in [1.29, 1.82) is 0 Å². The van der Waals surface area contributed by atoms with Crippen molar-refractivity contribution < 1.29 is 9.13 Å². The van der Waals surface area contributed by atoms with Crippen LogP contribution < -0.4 is 9.64 Å². The van der Waals surface area contributed by atoms with Crippen LogP contribution in [0.1, 0.15) is 0 Å². The van der Waals surface area contributed by atoms with E-state index in [1.165, 1.54) is 12.3 Å². The summed E-state index contributed by atoms with van der Waals surface area (Å²) in [6, 6.07) is 14.8. The van der Waals surface area contributed by atoms with Gasteiger partial charge in [-0.1, -0.05) is 18.2 Å². The molecule has 0 radical (unpaired) electrons. The summed E-state index contributed by atoms with van der Waals surface area (Å²) in [5, 5.41) is 0.817. The lowest BCUT2D eigenvalue weighted by Crippen LogP contribution is -2.25. The Balaban J connectivity index is 1.63. The van der Waals surface area contributed by atoms with E-state index in [9.17, 15) is 4.39 Å². The van der Waals surface area contributed by atoms with Crippen LogP contribution in [0.5, 0.6) is 5.75 Å². The van der Waals surface area contributed by atoms with Gasteiger partial charge in [0.2, 0.25) is 0 Å². The SMILES string of the molecule is CN(CCOc1ccccc1)c1nc(-c2cncc(F)c2)nc2ncccc12. The van der Waals surface area contributed by atoms with Gasteiger partial charge in [-0.2, -0.15) is 0 Å². The molecular formula is C21H18FN5O. The molecule has 0 unspecified atom stereocenters. The number of rotatable bonds is 6. The number of likely N-dealkylation sites (N-methyl/N-ethyl adjacent to an activating group) is 1. The first-order valence-corrected chi connectivity index (χ1v) is 8.83. The number of benzene rings is 1. The molecule has 4 aromatic rings. The monoisotopic (exact) mass is 375 g/mol. The standard InChI is InChI=1S/C21H18FN5O/c1-27(10-11-28-17-6-3-2-4-7-17)21-18-8-5-9-24-20(18)25-19(26-21)15-12-16(22)14-23-13-15/h2-9,12-14H,10-11H2,1H3. The third-order valence-electron chi connectivity index (χ3n) is 4.21. The minimum absolute atomic E-state index is 0.379. The number of anilines is 1. The summed E-state index contributed by atoms with van der Waals surface area (Å²) in [4.78, 5) is 19.3. The molecule has 0 aliphatic heterocycles. The normalized spacial score (nSPS) is 10.8. The maximum Gasteiger partial charge on any atom is 0.165 e. The third kappa shape index (κ3) is 3.88. The van der Waals surface area contributed by atoms with Crippen molar-refractivity contribution in [3.63, 3.8) is 0 Å². The molecule has 0 saturated heterocycles. The Morgan fingerprint density at radius 2 is 1.89 bits per heavy atom. The number of hydrogen-bond acceptors (Lipinski definition) is 6. The molecule has 0 amide bonds. The van der Waals surface area contributed by atoms with Crippen LogP contribution >= 0.6 is 0 Å². The molecule has 3 aromatic heterocycles. The van der Waals surface area contributed by atoms with Crippen molar-refractivity contribution in [2.24, 2.45) is 0 Å². The summed E-state index contributed by atoms with van der Waals surface area (Å²) in [5.41, 5.74) is 1.05. The highest BCUT2D eigenvalue weighted by Crippen LogP contribution is 2.25. The Bertz CT molecular complexity index is 1090. The van der Waals surface area contributed by atoms with Gasteiger partial charge in [-0.25, -0.2) is 19.3 Å². The van der Waals surface area contributed by atoms with Gasteiger partial charge in [-0.3, -0.25) is 4.98 Å². The van der Waals surface area contributed by atoms with Gasteiger partial charge in [-0.15, -0.1) is 0 Å². The van der Waals surface area contributed by atoms with E-state index in [2.05, 4.69) is 19.9 Å². The smallest absolute Gasteiger partial charge is 0.165 e. The molecule has 0 saturated carbocycles. The molecule has 0 bridgehead atoms. The molecule has 0 aliphatic rings. The summed E-state index contributed by atoms with van der Waals surface area (Å²) in [5.74, 6) is 1.46. The third-order valence-corrected chi connectivity index (χ3v) is 4.21. The number of fused-ring (bicyclic) bond motifs is 1. The molecule has 28 heavy (non-hydrogen) atoms. The number of ether oxygens (including phenoxy) is 1. The first kappa shape index (κ1) is 17.8. The molecule has 140 valence electrons. The fourth-order valence-electron chi connectivity index (χ4n) is 2.82. The zero-order chi connectivity index (χ0) is 19.3.